The van der Waals surface area contributed by atoms with Crippen molar-refractivity contribution >= 4 is 0 Å². The minimum atomic E-state index is -0.474. The quantitative estimate of drug-likeness (QED) is 0.783. The fourth-order valence-corrected chi connectivity index (χ4v) is 1.37. The normalized spacial score (nSPS) is 8.91. The number of halogens is 2. The Morgan fingerprint density at radius 3 is 1.95 bits per heavy atom. The summed E-state index contributed by atoms with van der Waals surface area (Å²) in [5, 5.41) is 0. The first-order chi connectivity index (χ1) is 10.5. The molecule has 0 spiro atoms. The summed E-state index contributed by atoms with van der Waals surface area (Å²) < 4.78 is 34.5. The van der Waals surface area contributed by atoms with Crippen molar-refractivity contribution in [2.45, 2.75) is 27.7 Å². The van der Waals surface area contributed by atoms with Gasteiger partial charge in [0.15, 0.2) is 0 Å². The largest absolute Gasteiger partial charge is 0.495 e. The van der Waals surface area contributed by atoms with E-state index in [1.54, 1.807) is 19.9 Å². The van der Waals surface area contributed by atoms with Crippen LogP contribution in [0.5, 0.6) is 11.5 Å². The van der Waals surface area contributed by atoms with Crippen LogP contribution in [0.25, 0.3) is 0 Å². The lowest BCUT2D eigenvalue weighted by molar-refractivity contribution is 0.406. The van der Waals surface area contributed by atoms with Crippen molar-refractivity contribution in [1.29, 1.82) is 0 Å². The Kier molecular flexibility index (Phi) is 9.41. The van der Waals surface area contributed by atoms with Gasteiger partial charge in [-0.05, 0) is 31.5 Å². The van der Waals surface area contributed by atoms with Crippen LogP contribution in [0.15, 0.2) is 24.5 Å². The third kappa shape index (κ3) is 6.47. The molecule has 0 amide bonds. The van der Waals surface area contributed by atoms with Gasteiger partial charge in [0, 0.05) is 5.56 Å². The van der Waals surface area contributed by atoms with Crippen LogP contribution in [0, 0.1) is 25.7 Å². The van der Waals surface area contributed by atoms with Crippen molar-refractivity contribution in [1.82, 2.24) is 9.97 Å². The number of hydrogen-bond acceptors (Lipinski definition) is 4. The van der Waals surface area contributed by atoms with Gasteiger partial charge in [-0.2, -0.15) is 8.78 Å². The summed E-state index contributed by atoms with van der Waals surface area (Å²) >= 11 is 0. The van der Waals surface area contributed by atoms with Crippen LogP contribution >= 0.6 is 0 Å². The third-order valence-electron chi connectivity index (χ3n) is 2.47. The minimum absolute atomic E-state index is 0.444. The lowest BCUT2D eigenvalue weighted by atomic mass is 10.3. The van der Waals surface area contributed by atoms with Crippen molar-refractivity contribution in [3.8, 4) is 11.5 Å². The lowest BCUT2D eigenvalue weighted by Crippen LogP contribution is -1.90. The van der Waals surface area contributed by atoms with E-state index in [9.17, 15) is 8.78 Å². The molecule has 22 heavy (non-hydrogen) atoms. The average Bonchev–Trinajstić information content (AvgIpc) is 2.53. The highest BCUT2D eigenvalue weighted by Crippen LogP contribution is 2.14. The molecule has 2 rings (SSSR count). The number of rotatable bonds is 2. The molecule has 2 aromatic rings. The Hall–Kier alpha value is -2.24. The van der Waals surface area contributed by atoms with Crippen LogP contribution in [0.2, 0.25) is 0 Å². The molecule has 0 N–H and O–H groups in total. The van der Waals surface area contributed by atoms with E-state index in [-0.39, 0.29) is 0 Å². The summed E-state index contributed by atoms with van der Waals surface area (Å²) in [6.07, 6.45) is 2.72. The number of aromatic nitrogens is 2. The Labute approximate surface area is 130 Å². The van der Waals surface area contributed by atoms with Gasteiger partial charge in [-0.1, -0.05) is 13.8 Å². The molecular weight excluding hydrogens is 290 g/mol. The summed E-state index contributed by atoms with van der Waals surface area (Å²) in [4.78, 5) is 6.88. The van der Waals surface area contributed by atoms with Gasteiger partial charge < -0.3 is 9.47 Å². The second kappa shape index (κ2) is 10.5. The molecule has 122 valence electrons. The fraction of sp³-hybridized carbons (Fsp3) is 0.375. The van der Waals surface area contributed by atoms with E-state index in [0.29, 0.717) is 17.1 Å². The van der Waals surface area contributed by atoms with Crippen LogP contribution in [0.1, 0.15) is 25.0 Å². The smallest absolute Gasteiger partial charge is 0.215 e. The van der Waals surface area contributed by atoms with E-state index in [1.165, 1.54) is 32.7 Å². The minimum Gasteiger partial charge on any atom is -0.495 e. The topological polar surface area (TPSA) is 44.2 Å². The van der Waals surface area contributed by atoms with Gasteiger partial charge in [-0.25, -0.2) is 9.97 Å². The van der Waals surface area contributed by atoms with E-state index in [2.05, 4.69) is 9.97 Å². The van der Waals surface area contributed by atoms with E-state index >= 15 is 0 Å². The molecule has 2 aromatic heterocycles. The van der Waals surface area contributed by atoms with Gasteiger partial charge >= 0.3 is 0 Å². The number of methoxy groups -OCH3 is 2. The number of pyridine rings is 2. The Morgan fingerprint density at radius 2 is 1.50 bits per heavy atom. The number of ether oxygens (including phenoxy) is 2. The SMILES string of the molecule is CC.COc1cnc(F)c(C)c1.COc1cnc(F)cc1C. The zero-order valence-electron chi connectivity index (χ0n) is 13.8. The van der Waals surface area contributed by atoms with Gasteiger partial charge in [0.05, 0.1) is 26.6 Å². The second-order valence-electron chi connectivity index (χ2n) is 3.96. The summed E-state index contributed by atoms with van der Waals surface area (Å²) in [7, 11) is 3.05. The molecule has 0 aliphatic carbocycles. The van der Waals surface area contributed by atoms with Crippen molar-refractivity contribution in [3.63, 3.8) is 0 Å². The Bertz CT molecular complexity index is 578. The first-order valence-corrected chi connectivity index (χ1v) is 6.80. The average molecular weight is 312 g/mol. The molecule has 0 fully saturated rings. The van der Waals surface area contributed by atoms with Crippen molar-refractivity contribution in [2.24, 2.45) is 0 Å². The molecule has 0 unspecified atom stereocenters. The highest BCUT2D eigenvalue weighted by molar-refractivity contribution is 5.28. The Balaban J connectivity index is 0.000000360. The Morgan fingerprint density at radius 1 is 0.864 bits per heavy atom. The number of aryl methyl sites for hydroxylation is 2. The van der Waals surface area contributed by atoms with Gasteiger partial charge in [0.2, 0.25) is 11.9 Å². The molecular formula is C16H22F2N2O2. The molecule has 6 heteroatoms. The summed E-state index contributed by atoms with van der Waals surface area (Å²) in [6.45, 7) is 7.41. The van der Waals surface area contributed by atoms with Crippen LogP contribution in [-0.4, -0.2) is 24.2 Å². The maximum Gasteiger partial charge on any atom is 0.215 e. The molecule has 0 aliphatic heterocycles. The van der Waals surface area contributed by atoms with Crippen LogP contribution in [0.3, 0.4) is 0 Å². The third-order valence-corrected chi connectivity index (χ3v) is 2.47. The van der Waals surface area contributed by atoms with Gasteiger partial charge in [-0.15, -0.1) is 0 Å². The first-order valence-electron chi connectivity index (χ1n) is 6.80. The zero-order chi connectivity index (χ0) is 17.1. The van der Waals surface area contributed by atoms with E-state index in [4.69, 9.17) is 9.47 Å². The van der Waals surface area contributed by atoms with Gasteiger partial charge in [0.1, 0.15) is 11.5 Å². The molecule has 0 aromatic carbocycles. The maximum atomic E-state index is 12.5. The maximum absolute atomic E-state index is 12.5. The van der Waals surface area contributed by atoms with Crippen LogP contribution < -0.4 is 9.47 Å². The molecule has 0 saturated carbocycles. The van der Waals surface area contributed by atoms with Crippen LogP contribution in [0.4, 0.5) is 8.78 Å². The van der Waals surface area contributed by atoms with E-state index < -0.39 is 11.9 Å². The lowest BCUT2D eigenvalue weighted by Gasteiger charge is -2.01. The van der Waals surface area contributed by atoms with Crippen molar-refractivity contribution in [2.75, 3.05) is 14.2 Å². The molecule has 0 aliphatic rings. The zero-order valence-corrected chi connectivity index (χ0v) is 13.8. The predicted octanol–water partition coefficient (Wildman–Crippen LogP) is 4.10. The molecule has 0 atom stereocenters. The van der Waals surface area contributed by atoms with Gasteiger partial charge in [0.25, 0.3) is 0 Å². The molecule has 2 heterocycles. The monoisotopic (exact) mass is 312 g/mol. The van der Waals surface area contributed by atoms with E-state index in [1.807, 2.05) is 13.8 Å². The molecule has 0 saturated heterocycles. The number of hydrogen-bond donors (Lipinski definition) is 0. The first kappa shape index (κ1) is 19.8. The van der Waals surface area contributed by atoms with Gasteiger partial charge in [-0.3, -0.25) is 0 Å². The highest BCUT2D eigenvalue weighted by Gasteiger charge is 1.99. The van der Waals surface area contributed by atoms with Crippen molar-refractivity contribution < 1.29 is 18.3 Å². The molecule has 0 radical (unpaired) electrons. The summed E-state index contributed by atoms with van der Waals surface area (Å²) in [5.74, 6) is 0.277. The van der Waals surface area contributed by atoms with Crippen molar-refractivity contribution in [3.05, 3.63) is 47.5 Å². The second-order valence-corrected chi connectivity index (χ2v) is 3.96. The molecule has 4 nitrogen and oxygen atoms in total. The predicted molar refractivity (Wildman–Crippen MR) is 82.3 cm³/mol. The summed E-state index contributed by atoms with van der Waals surface area (Å²) in [6, 6.07) is 2.93. The van der Waals surface area contributed by atoms with Crippen LogP contribution in [-0.2, 0) is 0 Å². The number of nitrogens with zero attached hydrogens (tertiary/aromatic N) is 2. The fourth-order valence-electron chi connectivity index (χ4n) is 1.37. The van der Waals surface area contributed by atoms with E-state index in [0.717, 1.165) is 5.56 Å². The summed E-state index contributed by atoms with van der Waals surface area (Å²) in [5.41, 5.74) is 1.26. The molecule has 0 bridgehead atoms. The highest BCUT2D eigenvalue weighted by atomic mass is 19.1. The standard InChI is InChI=1S/2C7H8FNO.C2H6/c1-5-3-7(8)9-4-6(5)10-2;1-5-3-6(10-2)4-9-7(5)8;1-2/h2*3-4H,1-2H3;1-2H3.